The van der Waals surface area contributed by atoms with E-state index in [1.165, 1.54) is 0 Å². The highest BCUT2D eigenvalue weighted by molar-refractivity contribution is 4.97. The lowest BCUT2D eigenvalue weighted by Crippen LogP contribution is -2.46. The average Bonchev–Trinajstić information content (AvgIpc) is 2.69. The van der Waals surface area contributed by atoms with Crippen molar-refractivity contribution in [2.75, 3.05) is 13.7 Å². The Morgan fingerprint density at radius 1 is 1.41 bits per heavy atom. The van der Waals surface area contributed by atoms with E-state index in [0.717, 1.165) is 0 Å². The number of aliphatic hydroxyl groups is 1. The molecule has 2 aliphatic heterocycles. The van der Waals surface area contributed by atoms with Gasteiger partial charge >= 0.3 is 0 Å². The van der Waals surface area contributed by atoms with Crippen LogP contribution < -0.4 is 5.73 Å². The summed E-state index contributed by atoms with van der Waals surface area (Å²) in [6.07, 6.45) is -0.802. The van der Waals surface area contributed by atoms with Gasteiger partial charge in [-0.05, 0) is 20.3 Å². The molecule has 100 valence electrons. The van der Waals surface area contributed by atoms with Crippen LogP contribution in [0, 0.1) is 0 Å². The van der Waals surface area contributed by atoms with Crippen molar-refractivity contribution in [3.05, 3.63) is 0 Å². The highest BCUT2D eigenvalue weighted by atomic mass is 16.8. The molecule has 2 aliphatic rings. The highest BCUT2D eigenvalue weighted by Gasteiger charge is 2.56. The van der Waals surface area contributed by atoms with E-state index in [1.54, 1.807) is 7.11 Å². The Kier molecular flexibility index (Phi) is 3.72. The molecule has 0 aliphatic carbocycles. The largest absolute Gasteiger partial charge is 0.396 e. The fraction of sp³-hybridized carbons (Fsp3) is 1.00. The van der Waals surface area contributed by atoms with Gasteiger partial charge in [-0.25, -0.2) is 0 Å². The Bertz CT molecular complexity index is 273. The summed E-state index contributed by atoms with van der Waals surface area (Å²) in [6.45, 7) is 3.70. The molecule has 0 aromatic heterocycles. The van der Waals surface area contributed by atoms with Crippen LogP contribution in [0.2, 0.25) is 0 Å². The third-order valence-corrected chi connectivity index (χ3v) is 3.18. The Labute approximate surface area is 101 Å². The van der Waals surface area contributed by atoms with Gasteiger partial charge in [-0.15, -0.1) is 0 Å². The second-order valence-corrected chi connectivity index (χ2v) is 4.95. The predicted octanol–water partition coefficient (Wildman–Crippen LogP) is -0.412. The topological polar surface area (TPSA) is 83.2 Å². The molecule has 0 saturated carbocycles. The molecule has 2 rings (SSSR count). The fourth-order valence-electron chi connectivity index (χ4n) is 2.43. The standard InChI is InChI=1S/C11H21NO5/c1-11(2)16-9-8(14-3)7(6(12)4-5-13)15-10(9)17-11/h6-10,13H,4-5,12H2,1-3H3/t6-,7+,8-,9+,10+/m0/s1. The SMILES string of the molecule is CO[C@@H]1[C@H]2OC(C)(C)O[C@H]2O[C@@H]1[C@@H](N)CCO. The molecule has 0 radical (unpaired) electrons. The summed E-state index contributed by atoms with van der Waals surface area (Å²) in [5.74, 6) is -0.655. The summed E-state index contributed by atoms with van der Waals surface area (Å²) in [4.78, 5) is 0. The van der Waals surface area contributed by atoms with Gasteiger partial charge < -0.3 is 29.8 Å². The van der Waals surface area contributed by atoms with Crippen LogP contribution in [0.5, 0.6) is 0 Å². The van der Waals surface area contributed by atoms with Gasteiger partial charge in [0.1, 0.15) is 18.3 Å². The number of hydrogen-bond acceptors (Lipinski definition) is 6. The molecule has 0 spiro atoms. The minimum absolute atomic E-state index is 0.0278. The third-order valence-electron chi connectivity index (χ3n) is 3.18. The molecular weight excluding hydrogens is 226 g/mol. The molecule has 0 aromatic carbocycles. The highest BCUT2D eigenvalue weighted by Crippen LogP contribution is 2.39. The molecule has 2 heterocycles. The summed E-state index contributed by atoms with van der Waals surface area (Å²) in [6, 6.07) is -0.286. The predicted molar refractivity (Wildman–Crippen MR) is 59.2 cm³/mol. The van der Waals surface area contributed by atoms with Crippen molar-refractivity contribution in [2.24, 2.45) is 5.73 Å². The van der Waals surface area contributed by atoms with Crippen LogP contribution in [0.15, 0.2) is 0 Å². The lowest BCUT2D eigenvalue weighted by atomic mass is 10.0. The van der Waals surface area contributed by atoms with Crippen LogP contribution >= 0.6 is 0 Å². The zero-order valence-corrected chi connectivity index (χ0v) is 10.5. The van der Waals surface area contributed by atoms with Gasteiger partial charge in [-0.1, -0.05) is 0 Å². The quantitative estimate of drug-likeness (QED) is 0.702. The maximum atomic E-state index is 8.90. The van der Waals surface area contributed by atoms with Gasteiger partial charge in [0.25, 0.3) is 0 Å². The molecule has 0 unspecified atom stereocenters. The van der Waals surface area contributed by atoms with Crippen molar-refractivity contribution in [1.82, 2.24) is 0 Å². The Hall–Kier alpha value is -0.240. The first kappa shape index (κ1) is 13.2. The van der Waals surface area contributed by atoms with E-state index in [4.69, 9.17) is 29.8 Å². The number of fused-ring (bicyclic) bond motifs is 1. The minimum Gasteiger partial charge on any atom is -0.396 e. The maximum absolute atomic E-state index is 8.90. The number of hydrogen-bond donors (Lipinski definition) is 2. The number of nitrogens with two attached hydrogens (primary N) is 1. The average molecular weight is 247 g/mol. The van der Waals surface area contributed by atoms with Crippen molar-refractivity contribution in [3.8, 4) is 0 Å². The van der Waals surface area contributed by atoms with Crippen molar-refractivity contribution >= 4 is 0 Å². The Morgan fingerprint density at radius 3 is 2.71 bits per heavy atom. The summed E-state index contributed by atoms with van der Waals surface area (Å²) >= 11 is 0. The lowest BCUT2D eigenvalue weighted by molar-refractivity contribution is -0.219. The smallest absolute Gasteiger partial charge is 0.190 e. The van der Waals surface area contributed by atoms with Crippen LogP contribution in [-0.4, -0.2) is 55.3 Å². The van der Waals surface area contributed by atoms with E-state index in [0.29, 0.717) is 6.42 Å². The van der Waals surface area contributed by atoms with Crippen molar-refractivity contribution < 1.29 is 24.1 Å². The van der Waals surface area contributed by atoms with Gasteiger partial charge in [0.15, 0.2) is 12.1 Å². The van der Waals surface area contributed by atoms with Gasteiger partial charge in [-0.2, -0.15) is 0 Å². The number of aliphatic hydroxyl groups excluding tert-OH is 1. The lowest BCUT2D eigenvalue weighted by Gasteiger charge is -2.28. The Morgan fingerprint density at radius 2 is 2.12 bits per heavy atom. The molecule has 17 heavy (non-hydrogen) atoms. The second kappa shape index (κ2) is 4.79. The summed E-state index contributed by atoms with van der Waals surface area (Å²) in [5.41, 5.74) is 5.95. The second-order valence-electron chi connectivity index (χ2n) is 4.95. The van der Waals surface area contributed by atoms with Crippen LogP contribution in [-0.2, 0) is 18.9 Å². The molecule has 0 bridgehead atoms. The monoisotopic (exact) mass is 247 g/mol. The molecule has 5 atom stereocenters. The number of rotatable bonds is 4. The van der Waals surface area contributed by atoms with Crippen LogP contribution in [0.25, 0.3) is 0 Å². The first-order valence-electron chi connectivity index (χ1n) is 5.89. The number of methoxy groups -OCH3 is 1. The van der Waals surface area contributed by atoms with Gasteiger partial charge in [0.2, 0.25) is 0 Å². The minimum atomic E-state index is -0.655. The number of ether oxygens (including phenoxy) is 4. The summed E-state index contributed by atoms with van der Waals surface area (Å²) in [7, 11) is 1.60. The van der Waals surface area contributed by atoms with E-state index >= 15 is 0 Å². The molecule has 0 aromatic rings. The van der Waals surface area contributed by atoms with Gasteiger partial charge in [0, 0.05) is 19.8 Å². The molecule has 6 heteroatoms. The van der Waals surface area contributed by atoms with Gasteiger partial charge in [0.05, 0.1) is 0 Å². The third kappa shape index (κ3) is 2.47. The first-order valence-corrected chi connectivity index (χ1v) is 5.89. The summed E-state index contributed by atoms with van der Waals surface area (Å²) < 4.78 is 22.5. The van der Waals surface area contributed by atoms with Gasteiger partial charge in [-0.3, -0.25) is 0 Å². The van der Waals surface area contributed by atoms with Crippen molar-refractivity contribution in [2.45, 2.75) is 56.7 Å². The van der Waals surface area contributed by atoms with Crippen LogP contribution in [0.1, 0.15) is 20.3 Å². The molecule has 6 nitrogen and oxygen atoms in total. The van der Waals surface area contributed by atoms with E-state index in [2.05, 4.69) is 0 Å². The van der Waals surface area contributed by atoms with Crippen LogP contribution in [0.4, 0.5) is 0 Å². The molecule has 2 fully saturated rings. The molecule has 0 amide bonds. The van der Waals surface area contributed by atoms with E-state index in [-0.39, 0.29) is 31.0 Å². The molecule has 3 N–H and O–H groups in total. The van der Waals surface area contributed by atoms with Crippen molar-refractivity contribution in [1.29, 1.82) is 0 Å². The first-order chi connectivity index (χ1) is 7.98. The fourth-order valence-corrected chi connectivity index (χ4v) is 2.43. The molecule has 2 saturated heterocycles. The van der Waals surface area contributed by atoms with Crippen molar-refractivity contribution in [3.63, 3.8) is 0 Å². The molecular formula is C11H21NO5. The van der Waals surface area contributed by atoms with E-state index in [1.807, 2.05) is 13.8 Å². The van der Waals surface area contributed by atoms with Crippen LogP contribution in [0.3, 0.4) is 0 Å². The zero-order chi connectivity index (χ0) is 12.6. The maximum Gasteiger partial charge on any atom is 0.190 e. The Balaban J connectivity index is 2.05. The van der Waals surface area contributed by atoms with E-state index < -0.39 is 12.1 Å². The van der Waals surface area contributed by atoms with E-state index in [9.17, 15) is 0 Å². The summed E-state index contributed by atoms with van der Waals surface area (Å²) in [5, 5.41) is 8.90. The zero-order valence-electron chi connectivity index (χ0n) is 10.5. The normalized spacial score (nSPS) is 41.5.